The lowest BCUT2D eigenvalue weighted by Gasteiger charge is -1.98. The molecular weight excluding hydrogens is 258 g/mol. The summed E-state index contributed by atoms with van der Waals surface area (Å²) in [6.07, 6.45) is 6.75. The first-order valence-corrected chi connectivity index (χ1v) is 6.56. The van der Waals surface area contributed by atoms with Crippen LogP contribution in [0.3, 0.4) is 0 Å². The minimum atomic E-state index is 0.526. The van der Waals surface area contributed by atoms with E-state index in [2.05, 4.69) is 16.4 Å². The van der Waals surface area contributed by atoms with E-state index in [0.29, 0.717) is 5.57 Å². The first-order chi connectivity index (χ1) is 10.4. The normalized spacial score (nSPS) is 11.7. The van der Waals surface area contributed by atoms with Gasteiger partial charge in [0.2, 0.25) is 0 Å². The summed E-state index contributed by atoms with van der Waals surface area (Å²) in [5.41, 5.74) is 2.36. The number of hydrogen-bond donors (Lipinski definition) is 1. The van der Waals surface area contributed by atoms with Gasteiger partial charge in [-0.05, 0) is 36.4 Å². The molecule has 21 heavy (non-hydrogen) atoms. The number of benzene rings is 2. The van der Waals surface area contributed by atoms with Crippen LogP contribution in [0.15, 0.2) is 89.6 Å². The summed E-state index contributed by atoms with van der Waals surface area (Å²) in [6.45, 7) is 0. The average molecular weight is 273 g/mol. The highest BCUT2D eigenvalue weighted by Crippen LogP contribution is 2.09. The van der Waals surface area contributed by atoms with Crippen molar-refractivity contribution in [3.8, 4) is 6.07 Å². The van der Waals surface area contributed by atoms with Gasteiger partial charge in [0.1, 0.15) is 0 Å². The van der Waals surface area contributed by atoms with Crippen LogP contribution in [0.25, 0.3) is 0 Å². The van der Waals surface area contributed by atoms with Gasteiger partial charge in [-0.15, -0.1) is 0 Å². The average Bonchev–Trinajstić information content (AvgIpc) is 2.55. The lowest BCUT2D eigenvalue weighted by molar-refractivity contribution is 1.49. The highest BCUT2D eigenvalue weighted by molar-refractivity contribution is 5.77. The fourth-order valence-electron chi connectivity index (χ4n) is 1.61. The lowest BCUT2D eigenvalue weighted by Crippen LogP contribution is -1.86. The second-order valence-corrected chi connectivity index (χ2v) is 4.19. The molecule has 0 spiro atoms. The second-order valence-electron chi connectivity index (χ2n) is 4.19. The molecule has 0 aliphatic rings. The first kappa shape index (κ1) is 14.3. The summed E-state index contributed by atoms with van der Waals surface area (Å²) in [5, 5.41) is 12.2. The number of hydrogen-bond acceptors (Lipinski definition) is 3. The third-order valence-corrected chi connectivity index (χ3v) is 2.65. The molecule has 3 nitrogen and oxygen atoms in total. The Balaban J connectivity index is 1.95. The van der Waals surface area contributed by atoms with E-state index in [9.17, 15) is 0 Å². The van der Waals surface area contributed by atoms with E-state index in [1.54, 1.807) is 24.6 Å². The van der Waals surface area contributed by atoms with Crippen molar-refractivity contribution < 1.29 is 0 Å². The minimum absolute atomic E-state index is 0.526. The standard InChI is InChI=1S/C18H15N3/c19-15-16(11-13-20-17-7-3-1-4-8-17)12-14-21-18-9-5-2-6-10-18/h1-14,20H. The largest absolute Gasteiger partial charge is 0.362 e. The highest BCUT2D eigenvalue weighted by Gasteiger charge is 1.88. The molecule has 0 atom stereocenters. The van der Waals surface area contributed by atoms with Crippen LogP contribution in [-0.4, -0.2) is 6.21 Å². The number of rotatable bonds is 5. The van der Waals surface area contributed by atoms with E-state index >= 15 is 0 Å². The van der Waals surface area contributed by atoms with E-state index in [0.717, 1.165) is 11.4 Å². The molecule has 2 aromatic carbocycles. The van der Waals surface area contributed by atoms with Gasteiger partial charge >= 0.3 is 0 Å². The Morgan fingerprint density at radius 2 is 1.67 bits per heavy atom. The summed E-state index contributed by atoms with van der Waals surface area (Å²) >= 11 is 0. The van der Waals surface area contributed by atoms with Crippen LogP contribution in [0, 0.1) is 11.3 Å². The predicted octanol–water partition coefficient (Wildman–Crippen LogP) is 4.46. The molecule has 3 heteroatoms. The number of nitrogens with one attached hydrogen (secondary N) is 1. The Morgan fingerprint density at radius 3 is 2.33 bits per heavy atom. The molecule has 0 radical (unpaired) electrons. The Bertz CT molecular complexity index is 677. The maximum Gasteiger partial charge on any atom is 0.0992 e. The molecule has 1 N–H and O–H groups in total. The number of aliphatic imine (C=N–C) groups is 1. The van der Waals surface area contributed by atoms with Crippen LogP contribution in [0.2, 0.25) is 0 Å². The summed E-state index contributed by atoms with van der Waals surface area (Å²) in [5.74, 6) is 0. The fourth-order valence-corrected chi connectivity index (χ4v) is 1.61. The van der Waals surface area contributed by atoms with Crippen molar-refractivity contribution in [1.82, 2.24) is 0 Å². The van der Waals surface area contributed by atoms with Gasteiger partial charge < -0.3 is 5.32 Å². The molecule has 0 aliphatic heterocycles. The van der Waals surface area contributed by atoms with Gasteiger partial charge in [-0.3, -0.25) is 4.99 Å². The Hall–Kier alpha value is -3.12. The number of allylic oxidation sites excluding steroid dienone is 3. The van der Waals surface area contributed by atoms with Gasteiger partial charge in [0.15, 0.2) is 0 Å². The van der Waals surface area contributed by atoms with E-state index in [1.165, 1.54) is 0 Å². The zero-order valence-corrected chi connectivity index (χ0v) is 11.5. The van der Waals surface area contributed by atoms with Gasteiger partial charge in [0, 0.05) is 18.1 Å². The van der Waals surface area contributed by atoms with Crippen LogP contribution < -0.4 is 5.32 Å². The monoisotopic (exact) mass is 273 g/mol. The maximum absolute atomic E-state index is 9.06. The van der Waals surface area contributed by atoms with Crippen LogP contribution in [0.4, 0.5) is 11.4 Å². The molecule has 0 heterocycles. The topological polar surface area (TPSA) is 48.2 Å². The molecule has 0 unspecified atom stereocenters. The minimum Gasteiger partial charge on any atom is -0.362 e. The van der Waals surface area contributed by atoms with Gasteiger partial charge in [0.05, 0.1) is 17.3 Å². The Kier molecular flexibility index (Phi) is 5.53. The fraction of sp³-hybridized carbons (Fsp3) is 0. The second kappa shape index (κ2) is 8.13. The molecule has 102 valence electrons. The van der Waals surface area contributed by atoms with Crippen LogP contribution in [-0.2, 0) is 0 Å². The van der Waals surface area contributed by atoms with Crippen molar-refractivity contribution in [2.24, 2.45) is 4.99 Å². The summed E-state index contributed by atoms with van der Waals surface area (Å²) in [7, 11) is 0. The van der Waals surface area contributed by atoms with Crippen LogP contribution >= 0.6 is 0 Å². The van der Waals surface area contributed by atoms with Crippen LogP contribution in [0.5, 0.6) is 0 Å². The molecule has 0 aliphatic carbocycles. The van der Waals surface area contributed by atoms with Gasteiger partial charge in [-0.2, -0.15) is 5.26 Å². The van der Waals surface area contributed by atoms with E-state index in [4.69, 9.17) is 5.26 Å². The van der Waals surface area contributed by atoms with E-state index in [-0.39, 0.29) is 0 Å². The molecule has 0 bridgehead atoms. The summed E-state index contributed by atoms with van der Waals surface area (Å²) < 4.78 is 0. The number of anilines is 1. The Morgan fingerprint density at radius 1 is 1.00 bits per heavy atom. The van der Waals surface area contributed by atoms with Crippen LogP contribution in [0.1, 0.15) is 0 Å². The van der Waals surface area contributed by atoms with Crippen molar-refractivity contribution >= 4 is 17.6 Å². The number of nitrogens with zero attached hydrogens (tertiary/aromatic N) is 2. The van der Waals surface area contributed by atoms with Gasteiger partial charge in [-0.25, -0.2) is 0 Å². The third kappa shape index (κ3) is 5.17. The van der Waals surface area contributed by atoms with Crippen molar-refractivity contribution in [1.29, 1.82) is 5.26 Å². The summed E-state index contributed by atoms with van der Waals surface area (Å²) in [6, 6.07) is 21.5. The third-order valence-electron chi connectivity index (χ3n) is 2.65. The molecule has 0 saturated carbocycles. The van der Waals surface area contributed by atoms with E-state index < -0.39 is 0 Å². The Labute approximate surface area is 124 Å². The molecule has 0 saturated heterocycles. The zero-order chi connectivity index (χ0) is 14.8. The summed E-state index contributed by atoms with van der Waals surface area (Å²) in [4.78, 5) is 4.25. The van der Waals surface area contributed by atoms with Crippen molar-refractivity contribution in [3.05, 3.63) is 84.6 Å². The maximum atomic E-state index is 9.06. The van der Waals surface area contributed by atoms with Crippen molar-refractivity contribution in [3.63, 3.8) is 0 Å². The number of para-hydroxylation sites is 2. The number of nitriles is 1. The van der Waals surface area contributed by atoms with Gasteiger partial charge in [-0.1, -0.05) is 36.4 Å². The molecule has 0 amide bonds. The lowest BCUT2D eigenvalue weighted by atomic mass is 10.2. The zero-order valence-electron chi connectivity index (χ0n) is 11.5. The molecule has 2 aromatic rings. The molecule has 2 rings (SSSR count). The smallest absolute Gasteiger partial charge is 0.0992 e. The van der Waals surface area contributed by atoms with Crippen molar-refractivity contribution in [2.45, 2.75) is 0 Å². The highest BCUT2D eigenvalue weighted by atomic mass is 14.8. The molecular formula is C18H15N3. The SMILES string of the molecule is N#CC(C=CNc1ccccc1)=CC=Nc1ccccc1. The van der Waals surface area contributed by atoms with Crippen molar-refractivity contribution in [2.75, 3.05) is 5.32 Å². The molecule has 0 aromatic heterocycles. The van der Waals surface area contributed by atoms with Gasteiger partial charge in [0.25, 0.3) is 0 Å². The molecule has 0 fully saturated rings. The first-order valence-electron chi connectivity index (χ1n) is 6.56. The van der Waals surface area contributed by atoms with E-state index in [1.807, 2.05) is 60.7 Å². The quantitative estimate of drug-likeness (QED) is 0.496. The predicted molar refractivity (Wildman–Crippen MR) is 87.5 cm³/mol.